The number of aliphatic hydroxyl groups is 1. The molecule has 0 radical (unpaired) electrons. The van der Waals surface area contributed by atoms with E-state index in [2.05, 4.69) is 19.1 Å². The second-order valence-electron chi connectivity index (χ2n) is 4.67. The predicted octanol–water partition coefficient (Wildman–Crippen LogP) is 3.53. The lowest BCUT2D eigenvalue weighted by Crippen LogP contribution is -2.02. The second kappa shape index (κ2) is 6.39. The number of aryl methyl sites for hydroxylation is 1. The van der Waals surface area contributed by atoms with Crippen molar-refractivity contribution in [2.24, 2.45) is 0 Å². The van der Waals surface area contributed by atoms with E-state index < -0.39 is 6.10 Å². The summed E-state index contributed by atoms with van der Waals surface area (Å²) in [6, 6.07) is 16.0. The summed E-state index contributed by atoms with van der Waals surface area (Å²) in [7, 11) is 1.65. The standard InChI is InChI=1S/C17H20O2/c1-3-13-7-9-15(10-8-13)17(18)12-14-5-4-6-16(11-14)19-2/h4-11,17-18H,3,12H2,1-2H3. The Kier molecular flexibility index (Phi) is 4.58. The van der Waals surface area contributed by atoms with Crippen LogP contribution in [0.4, 0.5) is 0 Å². The van der Waals surface area contributed by atoms with E-state index in [-0.39, 0.29) is 0 Å². The van der Waals surface area contributed by atoms with Crippen molar-refractivity contribution in [1.82, 2.24) is 0 Å². The Morgan fingerprint density at radius 2 is 1.79 bits per heavy atom. The van der Waals surface area contributed by atoms with Gasteiger partial charge in [-0.2, -0.15) is 0 Å². The van der Waals surface area contributed by atoms with E-state index >= 15 is 0 Å². The Bertz CT molecular complexity index is 517. The molecule has 0 aliphatic carbocycles. The molecule has 2 aromatic carbocycles. The molecule has 2 aromatic rings. The van der Waals surface area contributed by atoms with Crippen LogP contribution < -0.4 is 4.74 Å². The highest BCUT2D eigenvalue weighted by molar-refractivity contribution is 5.31. The second-order valence-corrected chi connectivity index (χ2v) is 4.67. The van der Waals surface area contributed by atoms with E-state index in [1.807, 2.05) is 36.4 Å². The van der Waals surface area contributed by atoms with Gasteiger partial charge >= 0.3 is 0 Å². The number of hydrogen-bond acceptors (Lipinski definition) is 2. The van der Waals surface area contributed by atoms with Crippen LogP contribution in [0.15, 0.2) is 48.5 Å². The van der Waals surface area contributed by atoms with Crippen LogP contribution >= 0.6 is 0 Å². The van der Waals surface area contributed by atoms with Gasteiger partial charge in [0, 0.05) is 6.42 Å². The van der Waals surface area contributed by atoms with E-state index in [1.54, 1.807) is 7.11 Å². The topological polar surface area (TPSA) is 29.5 Å². The number of benzene rings is 2. The van der Waals surface area contributed by atoms with Crippen molar-refractivity contribution < 1.29 is 9.84 Å². The zero-order chi connectivity index (χ0) is 13.7. The lowest BCUT2D eigenvalue weighted by Gasteiger charge is -2.12. The molecule has 0 spiro atoms. The molecule has 1 N–H and O–H groups in total. The summed E-state index contributed by atoms with van der Waals surface area (Å²) in [6.07, 6.45) is 1.15. The molecule has 0 aromatic heterocycles. The summed E-state index contributed by atoms with van der Waals surface area (Å²) < 4.78 is 5.19. The average molecular weight is 256 g/mol. The quantitative estimate of drug-likeness (QED) is 0.886. The van der Waals surface area contributed by atoms with Crippen molar-refractivity contribution in [1.29, 1.82) is 0 Å². The lowest BCUT2D eigenvalue weighted by atomic mass is 10.00. The first-order chi connectivity index (χ1) is 9.22. The van der Waals surface area contributed by atoms with E-state index in [4.69, 9.17) is 4.74 Å². The smallest absolute Gasteiger partial charge is 0.119 e. The molecule has 100 valence electrons. The molecule has 0 saturated heterocycles. The first-order valence-corrected chi connectivity index (χ1v) is 6.62. The number of methoxy groups -OCH3 is 1. The van der Waals surface area contributed by atoms with E-state index in [0.717, 1.165) is 23.3 Å². The van der Waals surface area contributed by atoms with Crippen molar-refractivity contribution in [3.63, 3.8) is 0 Å². The molecule has 0 aliphatic heterocycles. The summed E-state index contributed by atoms with van der Waals surface area (Å²) in [5.41, 5.74) is 3.32. The average Bonchev–Trinajstić information content (AvgIpc) is 2.47. The van der Waals surface area contributed by atoms with Gasteiger partial charge in [-0.25, -0.2) is 0 Å². The summed E-state index contributed by atoms with van der Waals surface area (Å²) in [5.74, 6) is 0.825. The normalized spacial score (nSPS) is 12.2. The van der Waals surface area contributed by atoms with E-state index in [0.29, 0.717) is 6.42 Å². The summed E-state index contributed by atoms with van der Waals surface area (Å²) in [5, 5.41) is 10.3. The largest absolute Gasteiger partial charge is 0.497 e. The predicted molar refractivity (Wildman–Crippen MR) is 77.5 cm³/mol. The monoisotopic (exact) mass is 256 g/mol. The number of rotatable bonds is 5. The molecule has 2 heteroatoms. The van der Waals surface area contributed by atoms with Crippen molar-refractivity contribution in [2.45, 2.75) is 25.9 Å². The third-order valence-electron chi connectivity index (χ3n) is 3.34. The fraction of sp³-hybridized carbons (Fsp3) is 0.294. The Labute approximate surface area is 114 Å². The maximum absolute atomic E-state index is 10.3. The van der Waals surface area contributed by atoms with Crippen LogP contribution in [0, 0.1) is 0 Å². The number of hydrogen-bond donors (Lipinski definition) is 1. The van der Waals surface area contributed by atoms with Crippen molar-refractivity contribution >= 4 is 0 Å². The van der Waals surface area contributed by atoms with Crippen molar-refractivity contribution in [2.75, 3.05) is 7.11 Å². The lowest BCUT2D eigenvalue weighted by molar-refractivity contribution is 0.178. The first-order valence-electron chi connectivity index (χ1n) is 6.62. The highest BCUT2D eigenvalue weighted by Crippen LogP contribution is 2.21. The van der Waals surface area contributed by atoms with Crippen molar-refractivity contribution in [3.05, 3.63) is 65.2 Å². The molecule has 0 amide bonds. The zero-order valence-electron chi connectivity index (χ0n) is 11.5. The van der Waals surface area contributed by atoms with Gasteiger partial charge in [0.15, 0.2) is 0 Å². The Hall–Kier alpha value is -1.80. The van der Waals surface area contributed by atoms with Crippen LogP contribution in [0.2, 0.25) is 0 Å². The van der Waals surface area contributed by atoms with Gasteiger partial charge in [-0.1, -0.05) is 43.3 Å². The fourth-order valence-electron chi connectivity index (χ4n) is 2.12. The molecule has 0 heterocycles. The fourth-order valence-corrected chi connectivity index (χ4v) is 2.12. The summed E-state index contributed by atoms with van der Waals surface area (Å²) in [4.78, 5) is 0. The van der Waals surface area contributed by atoms with Gasteiger partial charge in [0.05, 0.1) is 13.2 Å². The Balaban J connectivity index is 2.08. The molecule has 2 nitrogen and oxygen atoms in total. The molecular formula is C17H20O2. The number of ether oxygens (including phenoxy) is 1. The summed E-state index contributed by atoms with van der Waals surface area (Å²) >= 11 is 0. The molecule has 1 unspecified atom stereocenters. The maximum Gasteiger partial charge on any atom is 0.119 e. The molecular weight excluding hydrogens is 236 g/mol. The molecule has 0 saturated carbocycles. The zero-order valence-corrected chi connectivity index (χ0v) is 11.5. The van der Waals surface area contributed by atoms with Gasteiger partial charge in [0.1, 0.15) is 5.75 Å². The minimum atomic E-state index is -0.474. The van der Waals surface area contributed by atoms with Crippen LogP contribution in [0.5, 0.6) is 5.75 Å². The molecule has 0 bridgehead atoms. The Morgan fingerprint density at radius 1 is 1.05 bits per heavy atom. The minimum absolute atomic E-state index is 0.474. The SMILES string of the molecule is CCc1ccc(C(O)Cc2cccc(OC)c2)cc1. The van der Waals surface area contributed by atoms with Crippen LogP contribution in [0.25, 0.3) is 0 Å². The van der Waals surface area contributed by atoms with Gasteiger partial charge < -0.3 is 9.84 Å². The van der Waals surface area contributed by atoms with Crippen LogP contribution in [0.1, 0.15) is 29.7 Å². The molecule has 19 heavy (non-hydrogen) atoms. The highest BCUT2D eigenvalue weighted by atomic mass is 16.5. The Morgan fingerprint density at radius 3 is 2.42 bits per heavy atom. The van der Waals surface area contributed by atoms with Crippen LogP contribution in [-0.4, -0.2) is 12.2 Å². The summed E-state index contributed by atoms with van der Waals surface area (Å²) in [6.45, 7) is 2.13. The molecule has 2 rings (SSSR count). The number of aliphatic hydroxyl groups excluding tert-OH is 1. The van der Waals surface area contributed by atoms with Gasteiger partial charge in [0.25, 0.3) is 0 Å². The van der Waals surface area contributed by atoms with Gasteiger partial charge in [0.2, 0.25) is 0 Å². The maximum atomic E-state index is 10.3. The third-order valence-corrected chi connectivity index (χ3v) is 3.34. The van der Waals surface area contributed by atoms with Gasteiger partial charge in [-0.3, -0.25) is 0 Å². The van der Waals surface area contributed by atoms with Gasteiger partial charge in [-0.05, 0) is 35.2 Å². The third kappa shape index (κ3) is 3.58. The van der Waals surface area contributed by atoms with E-state index in [9.17, 15) is 5.11 Å². The van der Waals surface area contributed by atoms with Crippen molar-refractivity contribution in [3.8, 4) is 5.75 Å². The van der Waals surface area contributed by atoms with Gasteiger partial charge in [-0.15, -0.1) is 0 Å². The van der Waals surface area contributed by atoms with Crippen LogP contribution in [0.3, 0.4) is 0 Å². The molecule has 0 fully saturated rings. The van der Waals surface area contributed by atoms with E-state index in [1.165, 1.54) is 5.56 Å². The molecule has 1 atom stereocenters. The minimum Gasteiger partial charge on any atom is -0.497 e. The van der Waals surface area contributed by atoms with Crippen LogP contribution in [-0.2, 0) is 12.8 Å². The highest BCUT2D eigenvalue weighted by Gasteiger charge is 2.09. The first kappa shape index (κ1) is 13.6. The molecule has 0 aliphatic rings.